The van der Waals surface area contributed by atoms with Crippen molar-refractivity contribution in [1.29, 1.82) is 0 Å². The minimum absolute atomic E-state index is 0.183. The van der Waals surface area contributed by atoms with Crippen LogP contribution in [0.5, 0.6) is 0 Å². The zero-order valence-corrected chi connectivity index (χ0v) is 8.17. The first-order valence-corrected chi connectivity index (χ1v) is 5.22. The summed E-state index contributed by atoms with van der Waals surface area (Å²) in [5, 5.41) is 0. The number of carbonyl (C=O) groups excluding carboxylic acids is 1. The Morgan fingerprint density at radius 2 is 2.00 bits per heavy atom. The molecule has 0 aromatic rings. The maximum atomic E-state index is 10.6. The Bertz CT molecular complexity index is 170. The van der Waals surface area contributed by atoms with Gasteiger partial charge in [0.2, 0.25) is 5.91 Å². The maximum Gasteiger partial charge on any atom is 0.217 e. The van der Waals surface area contributed by atoms with Crippen LogP contribution < -0.4 is 11.5 Å². The van der Waals surface area contributed by atoms with Crippen molar-refractivity contribution in [3.05, 3.63) is 0 Å². The van der Waals surface area contributed by atoms with Crippen molar-refractivity contribution in [3.8, 4) is 0 Å². The zero-order chi connectivity index (χ0) is 9.68. The first-order valence-electron chi connectivity index (χ1n) is 5.22. The highest BCUT2D eigenvalue weighted by molar-refractivity contribution is 5.73. The van der Waals surface area contributed by atoms with Gasteiger partial charge in [-0.25, -0.2) is 0 Å². The maximum absolute atomic E-state index is 10.6. The molecule has 76 valence electrons. The third kappa shape index (κ3) is 4.27. The second-order valence-electron chi connectivity index (χ2n) is 4.15. The van der Waals surface area contributed by atoms with E-state index < -0.39 is 0 Å². The number of carbonyl (C=O) groups is 1. The summed E-state index contributed by atoms with van der Waals surface area (Å²) >= 11 is 0. The second-order valence-corrected chi connectivity index (χ2v) is 4.15. The average molecular weight is 184 g/mol. The third-order valence-corrected chi connectivity index (χ3v) is 2.87. The Balaban J connectivity index is 2.26. The molecule has 0 aliphatic heterocycles. The predicted octanol–water partition coefficient (Wildman–Crippen LogP) is 1.16. The molecule has 0 bridgehead atoms. The van der Waals surface area contributed by atoms with E-state index in [0.717, 1.165) is 19.3 Å². The van der Waals surface area contributed by atoms with Gasteiger partial charge in [-0.1, -0.05) is 19.3 Å². The van der Waals surface area contributed by atoms with Gasteiger partial charge in [-0.3, -0.25) is 4.79 Å². The Hall–Kier alpha value is -0.570. The topological polar surface area (TPSA) is 69.1 Å². The Morgan fingerprint density at radius 3 is 2.69 bits per heavy atom. The summed E-state index contributed by atoms with van der Waals surface area (Å²) in [5.74, 6) is 0.447. The molecule has 2 atom stereocenters. The van der Waals surface area contributed by atoms with Crippen molar-refractivity contribution < 1.29 is 4.79 Å². The normalized spacial score (nSPS) is 29.6. The van der Waals surface area contributed by atoms with Crippen molar-refractivity contribution >= 4 is 5.91 Å². The summed E-state index contributed by atoms with van der Waals surface area (Å²) in [6, 6.07) is 0.348. The highest BCUT2D eigenvalue weighted by Crippen LogP contribution is 2.25. The predicted molar refractivity (Wildman–Crippen MR) is 53.0 cm³/mol. The molecule has 0 heterocycles. The van der Waals surface area contributed by atoms with Crippen LogP contribution in [0.15, 0.2) is 0 Å². The molecule has 1 amide bonds. The van der Waals surface area contributed by atoms with Gasteiger partial charge in [0, 0.05) is 12.5 Å². The van der Waals surface area contributed by atoms with Crippen LogP contribution in [0.2, 0.25) is 0 Å². The van der Waals surface area contributed by atoms with Crippen LogP contribution in [0.25, 0.3) is 0 Å². The lowest BCUT2D eigenvalue weighted by molar-refractivity contribution is -0.118. The quantitative estimate of drug-likeness (QED) is 0.646. The van der Waals surface area contributed by atoms with Crippen molar-refractivity contribution in [1.82, 2.24) is 0 Å². The number of primary amides is 1. The van der Waals surface area contributed by atoms with E-state index in [1.165, 1.54) is 19.3 Å². The number of hydrogen-bond acceptors (Lipinski definition) is 2. The van der Waals surface area contributed by atoms with Gasteiger partial charge < -0.3 is 11.5 Å². The van der Waals surface area contributed by atoms with Crippen LogP contribution in [0, 0.1) is 5.92 Å². The van der Waals surface area contributed by atoms with Crippen molar-refractivity contribution in [2.24, 2.45) is 17.4 Å². The van der Waals surface area contributed by atoms with E-state index in [4.69, 9.17) is 11.5 Å². The van der Waals surface area contributed by atoms with Gasteiger partial charge in [0.15, 0.2) is 0 Å². The minimum Gasteiger partial charge on any atom is -0.370 e. The van der Waals surface area contributed by atoms with E-state index >= 15 is 0 Å². The van der Waals surface area contributed by atoms with Crippen LogP contribution in [0.1, 0.15) is 44.9 Å². The smallest absolute Gasteiger partial charge is 0.217 e. The fourth-order valence-corrected chi connectivity index (χ4v) is 2.11. The molecule has 2 unspecified atom stereocenters. The lowest BCUT2D eigenvalue weighted by Crippen LogP contribution is -2.22. The number of rotatable bonds is 3. The lowest BCUT2D eigenvalue weighted by Gasteiger charge is -2.15. The number of nitrogens with two attached hydrogens (primary N) is 2. The summed E-state index contributed by atoms with van der Waals surface area (Å²) in [4.78, 5) is 10.6. The number of hydrogen-bond donors (Lipinski definition) is 2. The van der Waals surface area contributed by atoms with Crippen LogP contribution in [0.4, 0.5) is 0 Å². The van der Waals surface area contributed by atoms with Crippen molar-refractivity contribution in [2.75, 3.05) is 0 Å². The fraction of sp³-hybridized carbons (Fsp3) is 0.900. The largest absolute Gasteiger partial charge is 0.370 e. The summed E-state index contributed by atoms with van der Waals surface area (Å²) in [7, 11) is 0. The highest BCUT2D eigenvalue weighted by Gasteiger charge is 2.17. The minimum atomic E-state index is -0.183. The third-order valence-electron chi connectivity index (χ3n) is 2.87. The van der Waals surface area contributed by atoms with Gasteiger partial charge >= 0.3 is 0 Å². The lowest BCUT2D eigenvalue weighted by atomic mass is 9.93. The summed E-state index contributed by atoms with van der Waals surface area (Å²) < 4.78 is 0. The fourth-order valence-electron chi connectivity index (χ4n) is 2.11. The molecule has 1 aliphatic rings. The molecular formula is C10H20N2O. The van der Waals surface area contributed by atoms with Gasteiger partial charge in [0.05, 0.1) is 0 Å². The SMILES string of the molecule is NC(=O)CCC1CCCCC(N)C1. The van der Waals surface area contributed by atoms with Crippen molar-refractivity contribution in [2.45, 2.75) is 51.0 Å². The molecule has 3 heteroatoms. The van der Waals surface area contributed by atoms with Gasteiger partial charge in [-0.2, -0.15) is 0 Å². The van der Waals surface area contributed by atoms with Crippen LogP contribution >= 0.6 is 0 Å². The van der Waals surface area contributed by atoms with Crippen LogP contribution in [-0.4, -0.2) is 11.9 Å². The summed E-state index contributed by atoms with van der Waals surface area (Å²) in [6.45, 7) is 0. The van der Waals surface area contributed by atoms with E-state index in [2.05, 4.69) is 0 Å². The highest BCUT2D eigenvalue weighted by atomic mass is 16.1. The monoisotopic (exact) mass is 184 g/mol. The molecule has 3 nitrogen and oxygen atoms in total. The van der Waals surface area contributed by atoms with Gasteiger partial charge in [0.25, 0.3) is 0 Å². The molecule has 0 spiro atoms. The molecular weight excluding hydrogens is 164 g/mol. The van der Waals surface area contributed by atoms with Gasteiger partial charge in [-0.15, -0.1) is 0 Å². The molecule has 1 aliphatic carbocycles. The molecule has 0 aromatic carbocycles. The average Bonchev–Trinajstić information content (AvgIpc) is 2.26. The molecule has 1 saturated carbocycles. The molecule has 4 N–H and O–H groups in total. The van der Waals surface area contributed by atoms with Crippen LogP contribution in [-0.2, 0) is 4.79 Å². The Kier molecular flexibility index (Phi) is 4.22. The van der Waals surface area contributed by atoms with Crippen LogP contribution in [0.3, 0.4) is 0 Å². The molecule has 0 aromatic heterocycles. The Labute approximate surface area is 79.9 Å². The van der Waals surface area contributed by atoms with E-state index in [1.54, 1.807) is 0 Å². The first kappa shape index (κ1) is 10.5. The molecule has 1 rings (SSSR count). The standard InChI is InChI=1S/C10H20N2O/c11-9-4-2-1-3-8(7-9)5-6-10(12)13/h8-9H,1-7,11H2,(H2,12,13). The molecule has 0 saturated heterocycles. The van der Waals surface area contributed by atoms with E-state index in [9.17, 15) is 4.79 Å². The summed E-state index contributed by atoms with van der Waals surface area (Å²) in [5.41, 5.74) is 11.0. The molecule has 13 heavy (non-hydrogen) atoms. The molecule has 0 radical (unpaired) electrons. The second kappa shape index (κ2) is 5.22. The van der Waals surface area contributed by atoms with Gasteiger partial charge in [-0.05, 0) is 25.2 Å². The zero-order valence-electron chi connectivity index (χ0n) is 8.17. The number of amides is 1. The Morgan fingerprint density at radius 1 is 1.31 bits per heavy atom. The van der Waals surface area contributed by atoms with E-state index in [-0.39, 0.29) is 5.91 Å². The van der Waals surface area contributed by atoms with E-state index in [0.29, 0.717) is 18.4 Å². The first-order chi connectivity index (χ1) is 6.18. The molecule has 1 fully saturated rings. The summed E-state index contributed by atoms with van der Waals surface area (Å²) in [6.07, 6.45) is 7.41. The van der Waals surface area contributed by atoms with Crippen molar-refractivity contribution in [3.63, 3.8) is 0 Å². The van der Waals surface area contributed by atoms with Gasteiger partial charge in [0.1, 0.15) is 0 Å². The van der Waals surface area contributed by atoms with E-state index in [1.807, 2.05) is 0 Å².